The number of halogens is 5. The lowest BCUT2D eigenvalue weighted by Crippen LogP contribution is -2.65. The first-order chi connectivity index (χ1) is 23.7. The maximum atomic E-state index is 15.3. The van der Waals surface area contributed by atoms with Gasteiger partial charge in [0.25, 0.3) is 0 Å². The van der Waals surface area contributed by atoms with Gasteiger partial charge in [-0.1, -0.05) is 36.8 Å². The summed E-state index contributed by atoms with van der Waals surface area (Å²) in [5.74, 6) is -6.65. The molecule has 5 aliphatic rings. The number of alkyl halides is 5. The van der Waals surface area contributed by atoms with Crippen LogP contribution in [0.2, 0.25) is 0 Å². The van der Waals surface area contributed by atoms with Gasteiger partial charge < -0.3 is 14.7 Å². The number of benzene rings is 2. The minimum Gasteiger partial charge on any atom is -0.444 e. The topological polar surface area (TPSA) is 78.9 Å². The van der Waals surface area contributed by atoms with E-state index in [0.717, 1.165) is 53.9 Å². The predicted molar refractivity (Wildman–Crippen MR) is 179 cm³/mol. The van der Waals surface area contributed by atoms with Gasteiger partial charge in [-0.25, -0.2) is 4.79 Å². The molecule has 6 nitrogen and oxygen atoms in total. The highest BCUT2D eigenvalue weighted by Crippen LogP contribution is 2.70. The molecule has 4 aliphatic carbocycles. The van der Waals surface area contributed by atoms with E-state index < -0.39 is 47.5 Å². The van der Waals surface area contributed by atoms with Crippen molar-refractivity contribution in [3.63, 3.8) is 0 Å². The smallest absolute Gasteiger partial charge is 0.444 e. The molecule has 0 aromatic heterocycles. The highest BCUT2D eigenvalue weighted by Gasteiger charge is 2.79. The number of nitrogens with one attached hydrogen (secondary N) is 1. The van der Waals surface area contributed by atoms with Crippen LogP contribution in [0.4, 0.5) is 38.1 Å². The Morgan fingerprint density at radius 3 is 2.34 bits per heavy atom. The first-order valence-electron chi connectivity index (χ1n) is 17.7. The lowest BCUT2D eigenvalue weighted by atomic mass is 9.50. The monoisotopic (exact) mass is 698 g/mol. The number of carbonyl (C=O) groups excluding carboxylic acids is 2. The van der Waals surface area contributed by atoms with E-state index in [4.69, 9.17) is 4.74 Å². The van der Waals surface area contributed by atoms with Gasteiger partial charge in [-0.3, -0.25) is 10.1 Å². The number of rotatable bonds is 6. The number of hydrogen-bond donors (Lipinski definition) is 2. The quantitative estimate of drug-likeness (QED) is 0.294. The van der Waals surface area contributed by atoms with Crippen molar-refractivity contribution in [3.8, 4) is 0 Å². The molecule has 0 spiro atoms. The van der Waals surface area contributed by atoms with Gasteiger partial charge in [0, 0.05) is 42.2 Å². The van der Waals surface area contributed by atoms with Gasteiger partial charge >= 0.3 is 18.2 Å². The van der Waals surface area contributed by atoms with Crippen LogP contribution in [0.25, 0.3) is 0 Å². The van der Waals surface area contributed by atoms with Crippen LogP contribution in [0, 0.1) is 17.3 Å². The van der Waals surface area contributed by atoms with Crippen molar-refractivity contribution in [1.29, 1.82) is 0 Å². The van der Waals surface area contributed by atoms with E-state index in [1.54, 1.807) is 30.3 Å². The molecule has 0 radical (unpaired) electrons. The van der Waals surface area contributed by atoms with E-state index in [0.29, 0.717) is 36.9 Å². The Morgan fingerprint density at radius 1 is 0.960 bits per heavy atom. The van der Waals surface area contributed by atoms with E-state index in [-0.39, 0.29) is 31.1 Å². The summed E-state index contributed by atoms with van der Waals surface area (Å²) in [4.78, 5) is 27.2. The molecule has 268 valence electrons. The molecule has 2 N–H and O–H groups in total. The molecule has 1 aliphatic heterocycles. The molecule has 1 heterocycles. The lowest BCUT2D eigenvalue weighted by Gasteiger charge is -2.56. The third-order valence-corrected chi connectivity index (χ3v) is 12.3. The molecule has 0 bridgehead atoms. The van der Waals surface area contributed by atoms with Crippen molar-refractivity contribution >= 4 is 23.3 Å². The second-order valence-electron chi connectivity index (χ2n) is 15.0. The summed E-state index contributed by atoms with van der Waals surface area (Å²) in [5, 5.41) is 14.2. The summed E-state index contributed by atoms with van der Waals surface area (Å²) in [6, 6.07) is 14.8. The number of carbonyl (C=O) groups is 2. The van der Waals surface area contributed by atoms with Crippen LogP contribution < -0.4 is 10.2 Å². The zero-order valence-corrected chi connectivity index (χ0v) is 28.1. The lowest BCUT2D eigenvalue weighted by molar-refractivity contribution is -0.362. The number of amides is 1. The van der Waals surface area contributed by atoms with Crippen molar-refractivity contribution in [2.75, 3.05) is 23.3 Å². The Hall–Kier alpha value is -3.73. The molecular weight excluding hydrogens is 655 g/mol. The number of fused-ring (bicyclic) bond motifs is 4. The van der Waals surface area contributed by atoms with Crippen LogP contribution >= 0.6 is 0 Å². The van der Waals surface area contributed by atoms with Gasteiger partial charge in [0.1, 0.15) is 12.2 Å². The molecule has 1 amide bonds. The molecule has 2 aromatic rings. The van der Waals surface area contributed by atoms with E-state index in [2.05, 4.69) is 10.2 Å². The summed E-state index contributed by atoms with van der Waals surface area (Å²) in [5.41, 5.74) is 1.07. The summed E-state index contributed by atoms with van der Waals surface area (Å²) < 4.78 is 77.5. The Morgan fingerprint density at radius 2 is 1.66 bits per heavy atom. The third-order valence-electron chi connectivity index (χ3n) is 12.3. The van der Waals surface area contributed by atoms with E-state index in [1.807, 2.05) is 24.3 Å². The zero-order valence-electron chi connectivity index (χ0n) is 28.1. The fourth-order valence-corrected chi connectivity index (χ4v) is 9.77. The molecule has 1 saturated heterocycles. The second kappa shape index (κ2) is 12.8. The van der Waals surface area contributed by atoms with Crippen molar-refractivity contribution in [3.05, 3.63) is 82.5 Å². The summed E-state index contributed by atoms with van der Waals surface area (Å²) in [6.45, 7) is 3.41. The van der Waals surface area contributed by atoms with Crippen LogP contribution in [0.15, 0.2) is 71.3 Å². The van der Waals surface area contributed by atoms with Gasteiger partial charge in [0.05, 0.1) is 0 Å². The summed E-state index contributed by atoms with van der Waals surface area (Å²) in [7, 11) is 0. The minimum absolute atomic E-state index is 0.0305. The zero-order chi connectivity index (χ0) is 35.5. The highest BCUT2D eigenvalue weighted by atomic mass is 19.4. The fraction of sp³-hybridized carbons (Fsp3) is 0.538. The maximum absolute atomic E-state index is 15.3. The molecular formula is C39H43F5N2O4. The number of hydrogen-bond acceptors (Lipinski definition) is 5. The summed E-state index contributed by atoms with van der Waals surface area (Å²) >= 11 is 0. The minimum atomic E-state index is -5.90. The third kappa shape index (κ3) is 5.83. The molecule has 2 aromatic carbocycles. The van der Waals surface area contributed by atoms with Crippen LogP contribution in [-0.4, -0.2) is 47.8 Å². The van der Waals surface area contributed by atoms with Crippen molar-refractivity contribution < 1.29 is 41.4 Å². The van der Waals surface area contributed by atoms with Crippen LogP contribution in [0.3, 0.4) is 0 Å². The number of allylic oxidation sites excluding steroid dienone is 4. The van der Waals surface area contributed by atoms with Gasteiger partial charge in [-0.15, -0.1) is 0 Å². The van der Waals surface area contributed by atoms with Crippen molar-refractivity contribution in [1.82, 2.24) is 0 Å². The van der Waals surface area contributed by atoms with Gasteiger partial charge in [0.2, 0.25) is 0 Å². The molecule has 7 rings (SSSR count). The second-order valence-corrected chi connectivity index (χ2v) is 15.0. The Labute approximate surface area is 288 Å². The molecule has 50 heavy (non-hydrogen) atoms. The number of anilines is 2. The molecule has 11 heteroatoms. The average Bonchev–Trinajstić information content (AvgIpc) is 3.38. The largest absolute Gasteiger partial charge is 0.456 e. The molecule has 2 unspecified atom stereocenters. The highest BCUT2D eigenvalue weighted by molar-refractivity contribution is 5.93. The number of aliphatic hydroxyl groups is 1. The normalized spacial score (nSPS) is 29.9. The Balaban J connectivity index is 1.11. The predicted octanol–water partition coefficient (Wildman–Crippen LogP) is 9.25. The van der Waals surface area contributed by atoms with Crippen molar-refractivity contribution in [2.45, 2.75) is 101 Å². The number of ether oxygens (including phenoxy) is 1. The maximum Gasteiger partial charge on any atom is 0.456 e. The number of ketones is 1. The van der Waals surface area contributed by atoms with Gasteiger partial charge in [-0.2, -0.15) is 22.0 Å². The Kier molecular flexibility index (Phi) is 8.88. The first kappa shape index (κ1) is 34.7. The molecule has 2 saturated carbocycles. The van der Waals surface area contributed by atoms with Crippen LogP contribution in [0.5, 0.6) is 0 Å². The first-order valence-corrected chi connectivity index (χ1v) is 17.7. The Bertz CT molecular complexity index is 1700. The van der Waals surface area contributed by atoms with Crippen LogP contribution in [0.1, 0.15) is 88.2 Å². The van der Waals surface area contributed by atoms with E-state index >= 15 is 8.78 Å². The fourth-order valence-electron chi connectivity index (χ4n) is 9.77. The SMILES string of the molecule is C[C@]12C[C@H](c3ccc(COC(=O)Nc4ccc(N5CCCCC5)cc4)cc3)C3=C4CCC(=O)C=C4CCC3C1CC[C@@]2(O)C(F)(F)C(F)(F)F. The summed E-state index contributed by atoms with van der Waals surface area (Å²) in [6.07, 6.45) is -0.0873. The molecule has 3 fully saturated rings. The van der Waals surface area contributed by atoms with E-state index in [1.165, 1.54) is 13.3 Å². The van der Waals surface area contributed by atoms with Gasteiger partial charge in [-0.05, 0) is 122 Å². The molecule has 5 atom stereocenters. The van der Waals surface area contributed by atoms with Gasteiger partial charge in [0.15, 0.2) is 5.78 Å². The van der Waals surface area contributed by atoms with Crippen molar-refractivity contribution in [2.24, 2.45) is 17.3 Å². The van der Waals surface area contributed by atoms with Crippen LogP contribution in [-0.2, 0) is 16.1 Å². The number of nitrogens with zero attached hydrogens (tertiary/aromatic N) is 1. The van der Waals surface area contributed by atoms with E-state index in [9.17, 15) is 27.9 Å². The average molecular weight is 699 g/mol. The number of piperidine rings is 1. The standard InChI is InChI=1S/C39H43F5N2O4/c1-36-22-32(25-7-5-24(6-8-25)23-50-35(48)45-27-10-12-28(13-11-27)46-19-3-2-4-20-46)34-30-16-14-29(47)21-26(30)9-15-31(34)33(36)17-18-37(36,49)38(40,41)39(42,43)44/h5-8,10-13,21,31-33,49H,2-4,9,14-20,22-23H2,1H3,(H,45,48)/t31?,32-,33?,36+,37+/m1/s1.